The number of anilines is 1. The van der Waals surface area contributed by atoms with E-state index in [9.17, 15) is 4.79 Å². The Labute approximate surface area is 152 Å². The van der Waals surface area contributed by atoms with E-state index in [1.165, 1.54) is 0 Å². The van der Waals surface area contributed by atoms with E-state index in [4.69, 9.17) is 0 Å². The number of benzene rings is 1. The smallest absolute Gasteiger partial charge is 0.241 e. The summed E-state index contributed by atoms with van der Waals surface area (Å²) in [6, 6.07) is 13.5. The highest BCUT2D eigenvalue weighted by molar-refractivity contribution is 5.95. The van der Waals surface area contributed by atoms with Crippen LogP contribution in [-0.2, 0) is 11.3 Å². The van der Waals surface area contributed by atoms with Crippen LogP contribution in [0.4, 0.5) is 5.69 Å². The molecule has 0 saturated carbocycles. The van der Waals surface area contributed by atoms with Crippen LogP contribution in [0.2, 0.25) is 0 Å². The van der Waals surface area contributed by atoms with Crippen LogP contribution in [0, 0.1) is 0 Å². The average Bonchev–Trinajstić information content (AvgIpc) is 3.35. The quantitative estimate of drug-likeness (QED) is 0.771. The second-order valence-electron chi connectivity index (χ2n) is 6.48. The van der Waals surface area contributed by atoms with Crippen LogP contribution in [0.5, 0.6) is 0 Å². The number of hydrogen-bond acceptors (Lipinski definition) is 4. The molecule has 1 unspecified atom stereocenters. The summed E-state index contributed by atoms with van der Waals surface area (Å²) in [4.78, 5) is 19.1. The van der Waals surface area contributed by atoms with Crippen molar-refractivity contribution in [1.82, 2.24) is 19.7 Å². The molecule has 132 valence electrons. The summed E-state index contributed by atoms with van der Waals surface area (Å²) in [7, 11) is 0. The zero-order valence-electron chi connectivity index (χ0n) is 14.5. The first-order valence-electron chi connectivity index (χ1n) is 8.83. The lowest BCUT2D eigenvalue weighted by atomic mass is 10.2. The Hall–Kier alpha value is -2.99. The number of carbonyl (C=O) groups excluding carboxylic acids is 1. The maximum atomic E-state index is 12.7. The summed E-state index contributed by atoms with van der Waals surface area (Å²) in [5.41, 5.74) is 2.90. The molecule has 0 aliphatic carbocycles. The number of aromatic nitrogens is 3. The minimum absolute atomic E-state index is 0.0539. The number of amides is 1. The summed E-state index contributed by atoms with van der Waals surface area (Å²) in [6.07, 6.45) is 9.19. The standard InChI is InChI=1S/C20H21N5O/c26-20(19-5-2-12-24(19)15-16-4-1-10-21-14-16)23-17-6-8-18(9-7-17)25-13-3-11-22-25/h1,3-4,6-11,13-14,19H,2,5,12,15H2,(H,23,26). The predicted molar refractivity (Wildman–Crippen MR) is 99.9 cm³/mol. The third kappa shape index (κ3) is 3.65. The minimum atomic E-state index is -0.0963. The van der Waals surface area contributed by atoms with Gasteiger partial charge in [-0.25, -0.2) is 4.68 Å². The molecule has 26 heavy (non-hydrogen) atoms. The Balaban J connectivity index is 1.40. The van der Waals surface area contributed by atoms with Crippen molar-refractivity contribution >= 4 is 11.6 Å². The fraction of sp³-hybridized carbons (Fsp3) is 0.250. The van der Waals surface area contributed by atoms with E-state index in [0.717, 1.165) is 42.9 Å². The molecular formula is C20H21N5O. The van der Waals surface area contributed by atoms with Crippen LogP contribution in [-0.4, -0.2) is 38.2 Å². The Kier molecular flexibility index (Phi) is 4.75. The van der Waals surface area contributed by atoms with Crippen molar-refractivity contribution in [3.8, 4) is 5.69 Å². The van der Waals surface area contributed by atoms with E-state index in [1.807, 2.05) is 54.9 Å². The highest BCUT2D eigenvalue weighted by atomic mass is 16.2. The summed E-state index contributed by atoms with van der Waals surface area (Å²) < 4.78 is 1.79. The van der Waals surface area contributed by atoms with E-state index >= 15 is 0 Å². The Morgan fingerprint density at radius 2 is 2.04 bits per heavy atom. The molecular weight excluding hydrogens is 326 g/mol. The largest absolute Gasteiger partial charge is 0.325 e. The second kappa shape index (κ2) is 7.49. The molecule has 1 N–H and O–H groups in total. The van der Waals surface area contributed by atoms with Gasteiger partial charge < -0.3 is 5.32 Å². The first kappa shape index (κ1) is 16.5. The van der Waals surface area contributed by atoms with Gasteiger partial charge in [-0.05, 0) is 61.3 Å². The Bertz CT molecular complexity index is 846. The second-order valence-corrected chi connectivity index (χ2v) is 6.48. The molecule has 1 aliphatic heterocycles. The van der Waals surface area contributed by atoms with E-state index in [-0.39, 0.29) is 11.9 Å². The number of nitrogens with one attached hydrogen (secondary N) is 1. The van der Waals surface area contributed by atoms with Crippen molar-refractivity contribution < 1.29 is 4.79 Å². The van der Waals surface area contributed by atoms with Crippen molar-refractivity contribution in [2.75, 3.05) is 11.9 Å². The zero-order valence-corrected chi connectivity index (χ0v) is 14.5. The maximum Gasteiger partial charge on any atom is 0.241 e. The van der Waals surface area contributed by atoms with Gasteiger partial charge in [0.25, 0.3) is 0 Å². The number of pyridine rings is 1. The lowest BCUT2D eigenvalue weighted by molar-refractivity contribution is -0.120. The van der Waals surface area contributed by atoms with Gasteiger partial charge >= 0.3 is 0 Å². The van der Waals surface area contributed by atoms with Gasteiger partial charge in [0.1, 0.15) is 0 Å². The monoisotopic (exact) mass is 347 g/mol. The molecule has 1 aliphatic rings. The lowest BCUT2D eigenvalue weighted by Crippen LogP contribution is -2.39. The SMILES string of the molecule is O=C(Nc1ccc(-n2cccn2)cc1)C1CCCN1Cc1cccnc1. The molecule has 1 saturated heterocycles. The van der Waals surface area contributed by atoms with E-state index in [2.05, 4.69) is 20.3 Å². The molecule has 6 nitrogen and oxygen atoms in total. The maximum absolute atomic E-state index is 12.7. The number of hydrogen-bond donors (Lipinski definition) is 1. The molecule has 1 aromatic carbocycles. The highest BCUT2D eigenvalue weighted by Crippen LogP contribution is 2.22. The molecule has 4 rings (SSSR count). The molecule has 3 heterocycles. The van der Waals surface area contributed by atoms with Crippen LogP contribution < -0.4 is 5.32 Å². The van der Waals surface area contributed by atoms with Crippen LogP contribution in [0.1, 0.15) is 18.4 Å². The van der Waals surface area contributed by atoms with Gasteiger partial charge in [-0.2, -0.15) is 5.10 Å². The molecule has 1 amide bonds. The summed E-state index contributed by atoms with van der Waals surface area (Å²) in [6.45, 7) is 1.69. The van der Waals surface area contributed by atoms with Gasteiger partial charge in [-0.15, -0.1) is 0 Å². The van der Waals surface area contributed by atoms with Crippen molar-refractivity contribution in [1.29, 1.82) is 0 Å². The summed E-state index contributed by atoms with van der Waals surface area (Å²) >= 11 is 0. The topological polar surface area (TPSA) is 63.1 Å². The first-order valence-corrected chi connectivity index (χ1v) is 8.83. The first-order chi connectivity index (χ1) is 12.8. The molecule has 0 spiro atoms. The van der Waals surface area contributed by atoms with Crippen molar-refractivity contribution in [3.05, 3.63) is 72.8 Å². The normalized spacial score (nSPS) is 17.3. The van der Waals surface area contributed by atoms with Gasteiger partial charge in [0.15, 0.2) is 0 Å². The fourth-order valence-electron chi connectivity index (χ4n) is 3.38. The summed E-state index contributed by atoms with van der Waals surface area (Å²) in [5.74, 6) is 0.0539. The molecule has 1 fully saturated rings. The highest BCUT2D eigenvalue weighted by Gasteiger charge is 2.30. The molecule has 2 aromatic heterocycles. The van der Waals surface area contributed by atoms with Crippen LogP contribution in [0.3, 0.4) is 0 Å². The third-order valence-corrected chi connectivity index (χ3v) is 4.68. The number of nitrogens with zero attached hydrogens (tertiary/aromatic N) is 4. The predicted octanol–water partition coefficient (Wildman–Crippen LogP) is 2.87. The van der Waals surface area contributed by atoms with E-state index in [0.29, 0.717) is 0 Å². The number of likely N-dealkylation sites (tertiary alicyclic amines) is 1. The molecule has 6 heteroatoms. The van der Waals surface area contributed by atoms with E-state index < -0.39 is 0 Å². The Morgan fingerprint density at radius 3 is 2.77 bits per heavy atom. The van der Waals surface area contributed by atoms with Crippen LogP contribution in [0.15, 0.2) is 67.3 Å². The van der Waals surface area contributed by atoms with Crippen molar-refractivity contribution in [3.63, 3.8) is 0 Å². The van der Waals surface area contributed by atoms with Gasteiger partial charge in [-0.3, -0.25) is 14.7 Å². The van der Waals surface area contributed by atoms with Crippen LogP contribution >= 0.6 is 0 Å². The average molecular weight is 347 g/mol. The van der Waals surface area contributed by atoms with Gasteiger partial charge in [0.2, 0.25) is 5.91 Å². The summed E-state index contributed by atoms with van der Waals surface area (Å²) in [5, 5.41) is 7.25. The zero-order chi connectivity index (χ0) is 17.8. The molecule has 3 aromatic rings. The third-order valence-electron chi connectivity index (χ3n) is 4.68. The van der Waals surface area contributed by atoms with Gasteiger partial charge in [0, 0.05) is 37.0 Å². The van der Waals surface area contributed by atoms with Gasteiger partial charge in [0.05, 0.1) is 11.7 Å². The Morgan fingerprint density at radius 1 is 1.15 bits per heavy atom. The lowest BCUT2D eigenvalue weighted by Gasteiger charge is -2.23. The van der Waals surface area contributed by atoms with E-state index in [1.54, 1.807) is 17.1 Å². The number of carbonyl (C=O) groups is 1. The molecule has 0 radical (unpaired) electrons. The fourth-order valence-corrected chi connectivity index (χ4v) is 3.38. The molecule has 0 bridgehead atoms. The van der Waals surface area contributed by atoms with Crippen molar-refractivity contribution in [2.24, 2.45) is 0 Å². The number of rotatable bonds is 5. The minimum Gasteiger partial charge on any atom is -0.325 e. The van der Waals surface area contributed by atoms with Gasteiger partial charge in [-0.1, -0.05) is 6.07 Å². The van der Waals surface area contributed by atoms with Crippen molar-refractivity contribution in [2.45, 2.75) is 25.4 Å². The molecule has 1 atom stereocenters. The van der Waals surface area contributed by atoms with Crippen LogP contribution in [0.25, 0.3) is 5.69 Å².